The molecule has 2 atom stereocenters. The van der Waals surface area contributed by atoms with E-state index in [1.807, 2.05) is 13.8 Å². The SMILES string of the molecule is Cc1noc(C)c1CNS(=O)(=O)C[C@@]12CC[C@@H](CC1=O)C2(C)C. The highest BCUT2D eigenvalue weighted by atomic mass is 32.2. The van der Waals surface area contributed by atoms with Crippen molar-refractivity contribution in [1.29, 1.82) is 0 Å². The van der Waals surface area contributed by atoms with Crippen molar-refractivity contribution in [3.05, 3.63) is 17.0 Å². The number of hydrogen-bond donors (Lipinski definition) is 1. The fraction of sp³-hybridized carbons (Fsp3) is 0.750. The summed E-state index contributed by atoms with van der Waals surface area (Å²) >= 11 is 0. The first-order valence-corrected chi connectivity index (χ1v) is 9.67. The largest absolute Gasteiger partial charge is 0.361 e. The molecule has 0 aromatic carbocycles. The molecule has 2 saturated carbocycles. The van der Waals surface area contributed by atoms with Gasteiger partial charge in [0.25, 0.3) is 0 Å². The summed E-state index contributed by atoms with van der Waals surface area (Å²) in [6, 6.07) is 0. The lowest BCUT2D eigenvalue weighted by atomic mass is 9.70. The lowest BCUT2D eigenvalue weighted by molar-refractivity contribution is -0.128. The molecule has 1 aromatic heterocycles. The van der Waals surface area contributed by atoms with Crippen molar-refractivity contribution in [1.82, 2.24) is 9.88 Å². The maximum Gasteiger partial charge on any atom is 0.212 e. The van der Waals surface area contributed by atoms with Crippen molar-refractivity contribution in [3.63, 3.8) is 0 Å². The van der Waals surface area contributed by atoms with Gasteiger partial charge in [-0.15, -0.1) is 0 Å². The first-order valence-electron chi connectivity index (χ1n) is 8.01. The average molecular weight is 340 g/mol. The van der Waals surface area contributed by atoms with Crippen molar-refractivity contribution in [2.75, 3.05) is 5.75 Å². The van der Waals surface area contributed by atoms with E-state index in [0.29, 0.717) is 30.2 Å². The van der Waals surface area contributed by atoms with Crippen LogP contribution in [0.15, 0.2) is 4.52 Å². The Morgan fingerprint density at radius 2 is 2.04 bits per heavy atom. The van der Waals surface area contributed by atoms with Gasteiger partial charge in [0.2, 0.25) is 10.0 Å². The molecule has 6 nitrogen and oxygen atoms in total. The Hall–Kier alpha value is -1.21. The molecule has 0 unspecified atom stereocenters. The number of carbonyl (C=O) groups excluding carboxylic acids is 1. The molecule has 2 aliphatic carbocycles. The second-order valence-electron chi connectivity index (χ2n) is 7.55. The molecule has 1 heterocycles. The Balaban J connectivity index is 1.78. The highest BCUT2D eigenvalue weighted by molar-refractivity contribution is 7.89. The van der Waals surface area contributed by atoms with Crippen LogP contribution in [-0.2, 0) is 21.4 Å². The average Bonchev–Trinajstić information content (AvgIpc) is 2.94. The van der Waals surface area contributed by atoms with Gasteiger partial charge in [-0.3, -0.25) is 4.79 Å². The number of Topliss-reactive ketones (excluding diaryl/α,β-unsaturated/α-hetero) is 1. The van der Waals surface area contributed by atoms with E-state index in [0.717, 1.165) is 12.0 Å². The summed E-state index contributed by atoms with van der Waals surface area (Å²) in [4.78, 5) is 12.5. The highest BCUT2D eigenvalue weighted by Gasteiger charge is 2.65. The number of nitrogens with one attached hydrogen (secondary N) is 1. The van der Waals surface area contributed by atoms with Crippen molar-refractivity contribution >= 4 is 15.8 Å². The third-order valence-corrected chi connectivity index (χ3v) is 7.68. The summed E-state index contributed by atoms with van der Waals surface area (Å²) in [6.45, 7) is 7.77. The molecule has 0 amide bonds. The van der Waals surface area contributed by atoms with E-state index in [4.69, 9.17) is 4.52 Å². The van der Waals surface area contributed by atoms with Gasteiger partial charge in [-0.25, -0.2) is 13.1 Å². The van der Waals surface area contributed by atoms with Crippen LogP contribution in [-0.4, -0.2) is 25.1 Å². The van der Waals surface area contributed by atoms with E-state index in [2.05, 4.69) is 9.88 Å². The molecule has 3 rings (SSSR count). The van der Waals surface area contributed by atoms with Crippen LogP contribution in [0.1, 0.15) is 50.1 Å². The van der Waals surface area contributed by atoms with Crippen LogP contribution in [0.5, 0.6) is 0 Å². The molecule has 2 bridgehead atoms. The topological polar surface area (TPSA) is 89.3 Å². The Morgan fingerprint density at radius 1 is 1.35 bits per heavy atom. The molecule has 0 radical (unpaired) electrons. The molecule has 1 aromatic rings. The number of carbonyl (C=O) groups is 1. The molecule has 7 heteroatoms. The van der Waals surface area contributed by atoms with E-state index >= 15 is 0 Å². The van der Waals surface area contributed by atoms with Crippen LogP contribution >= 0.6 is 0 Å². The summed E-state index contributed by atoms with van der Waals surface area (Å²) in [5, 5.41) is 3.83. The van der Waals surface area contributed by atoms with Crippen molar-refractivity contribution in [2.24, 2.45) is 16.7 Å². The van der Waals surface area contributed by atoms with E-state index < -0.39 is 15.4 Å². The lowest BCUT2D eigenvalue weighted by Gasteiger charge is -2.36. The minimum atomic E-state index is -3.56. The van der Waals surface area contributed by atoms with Crippen molar-refractivity contribution in [2.45, 2.75) is 53.5 Å². The predicted molar refractivity (Wildman–Crippen MR) is 85.2 cm³/mol. The van der Waals surface area contributed by atoms with E-state index in [9.17, 15) is 13.2 Å². The Morgan fingerprint density at radius 3 is 2.52 bits per heavy atom. The summed E-state index contributed by atoms with van der Waals surface area (Å²) in [7, 11) is -3.56. The molecule has 2 aliphatic rings. The minimum Gasteiger partial charge on any atom is -0.361 e. The third kappa shape index (κ3) is 2.45. The molecule has 0 spiro atoms. The second-order valence-corrected chi connectivity index (χ2v) is 9.36. The van der Waals surface area contributed by atoms with Gasteiger partial charge < -0.3 is 4.52 Å². The van der Waals surface area contributed by atoms with Crippen LogP contribution in [0.4, 0.5) is 0 Å². The number of ketones is 1. The lowest BCUT2D eigenvalue weighted by Crippen LogP contribution is -2.45. The summed E-state index contributed by atoms with van der Waals surface area (Å²) in [5.74, 6) is 0.918. The van der Waals surface area contributed by atoms with Crippen LogP contribution in [0.3, 0.4) is 0 Å². The van der Waals surface area contributed by atoms with Gasteiger partial charge in [-0.05, 0) is 38.0 Å². The number of aryl methyl sites for hydroxylation is 2. The number of sulfonamides is 1. The van der Waals surface area contributed by atoms with Gasteiger partial charge in [-0.1, -0.05) is 19.0 Å². The van der Waals surface area contributed by atoms with Gasteiger partial charge >= 0.3 is 0 Å². The summed E-state index contributed by atoms with van der Waals surface area (Å²) in [6.07, 6.45) is 2.14. The monoisotopic (exact) mass is 340 g/mol. The standard InChI is InChI=1S/C16H24N2O4S/c1-10-13(11(2)22-18-10)8-17-23(20,21)9-16-6-5-12(7-14(16)19)15(16,3)4/h12,17H,5-9H2,1-4H3/t12-,16-/m0/s1. The second kappa shape index (κ2) is 5.14. The zero-order valence-corrected chi connectivity index (χ0v) is 14.9. The number of rotatable bonds is 5. The maximum absolute atomic E-state index is 12.6. The third-order valence-electron chi connectivity index (χ3n) is 6.23. The smallest absolute Gasteiger partial charge is 0.212 e. The summed E-state index contributed by atoms with van der Waals surface area (Å²) < 4.78 is 32.9. The minimum absolute atomic E-state index is 0.112. The number of nitrogens with zero attached hydrogens (tertiary/aromatic N) is 1. The first kappa shape index (κ1) is 16.6. The highest BCUT2D eigenvalue weighted by Crippen LogP contribution is 2.64. The Bertz CT molecular complexity index is 731. The molecular formula is C16H24N2O4S. The number of hydrogen-bond acceptors (Lipinski definition) is 5. The fourth-order valence-electron chi connectivity index (χ4n) is 4.42. The van der Waals surface area contributed by atoms with Crippen LogP contribution < -0.4 is 4.72 Å². The van der Waals surface area contributed by atoms with Gasteiger partial charge in [0.05, 0.1) is 11.4 Å². The van der Waals surface area contributed by atoms with E-state index in [1.165, 1.54) is 0 Å². The zero-order chi connectivity index (χ0) is 17.0. The quantitative estimate of drug-likeness (QED) is 0.886. The predicted octanol–water partition coefficient (Wildman–Crippen LogP) is 2.11. The van der Waals surface area contributed by atoms with Crippen LogP contribution in [0.25, 0.3) is 0 Å². The Kier molecular flexibility index (Phi) is 3.72. The van der Waals surface area contributed by atoms with Gasteiger partial charge in [-0.2, -0.15) is 0 Å². The van der Waals surface area contributed by atoms with Gasteiger partial charge in [0.15, 0.2) is 0 Å². The zero-order valence-electron chi connectivity index (χ0n) is 14.1. The summed E-state index contributed by atoms with van der Waals surface area (Å²) in [5.41, 5.74) is 0.457. The first-order chi connectivity index (χ1) is 10.6. The molecule has 2 fully saturated rings. The maximum atomic E-state index is 12.6. The van der Waals surface area contributed by atoms with Crippen molar-refractivity contribution in [3.8, 4) is 0 Å². The molecule has 23 heavy (non-hydrogen) atoms. The van der Waals surface area contributed by atoms with Crippen molar-refractivity contribution < 1.29 is 17.7 Å². The molecule has 0 aliphatic heterocycles. The Labute approximate surface area is 137 Å². The van der Waals surface area contributed by atoms with E-state index in [-0.39, 0.29) is 23.5 Å². The molecule has 128 valence electrons. The molecule has 1 N–H and O–H groups in total. The molecular weight excluding hydrogens is 316 g/mol. The van der Waals surface area contributed by atoms with E-state index in [1.54, 1.807) is 13.8 Å². The van der Waals surface area contributed by atoms with Gasteiger partial charge in [0, 0.05) is 23.9 Å². The number of aromatic nitrogens is 1. The fourth-order valence-corrected chi connectivity index (χ4v) is 6.21. The molecule has 0 saturated heterocycles. The normalized spacial score (nSPS) is 29.4. The van der Waals surface area contributed by atoms with Crippen LogP contribution in [0, 0.1) is 30.6 Å². The van der Waals surface area contributed by atoms with Crippen LogP contribution in [0.2, 0.25) is 0 Å². The number of fused-ring (bicyclic) bond motifs is 2. The van der Waals surface area contributed by atoms with Gasteiger partial charge in [0.1, 0.15) is 11.5 Å².